The van der Waals surface area contributed by atoms with E-state index in [1.807, 2.05) is 0 Å². The number of rotatable bonds is 2. The molecule has 0 spiro atoms. The van der Waals surface area contributed by atoms with Crippen LogP contribution < -0.4 is 29.6 Å². The molecule has 0 saturated carbocycles. The normalized spacial score (nSPS) is 11.8. The predicted molar refractivity (Wildman–Crippen MR) is 39.0 cm³/mol. The topological polar surface area (TPSA) is 40.1 Å². The average molecular weight is 196 g/mol. The first-order valence-corrected chi connectivity index (χ1v) is 4.24. The third kappa shape index (κ3) is 3.78. The molecule has 1 unspecified atom stereocenters. The Kier molecular flexibility index (Phi) is 5.96. The third-order valence-corrected chi connectivity index (χ3v) is 1.78. The Labute approximate surface area is 94.8 Å². The van der Waals surface area contributed by atoms with E-state index < -0.39 is 16.9 Å². The molecule has 0 N–H and O–H groups in total. The molecule has 0 aliphatic rings. The molecule has 1 aromatic carbocycles. The zero-order valence-corrected chi connectivity index (χ0v) is 9.44. The van der Waals surface area contributed by atoms with Crippen LogP contribution in [0.25, 0.3) is 0 Å². The van der Waals surface area contributed by atoms with Crippen LogP contribution in [-0.2, 0) is 16.8 Å². The smallest absolute Gasteiger partial charge is 0.772 e. The van der Waals surface area contributed by atoms with E-state index in [1.165, 1.54) is 18.2 Å². The van der Waals surface area contributed by atoms with Gasteiger partial charge in [0.25, 0.3) is 0 Å². The Bertz CT molecular complexity index is 280. The van der Waals surface area contributed by atoms with Crippen molar-refractivity contribution in [1.82, 2.24) is 0 Å². The van der Waals surface area contributed by atoms with Gasteiger partial charge in [0.15, 0.2) is 0 Å². The van der Waals surface area contributed by atoms with E-state index in [2.05, 4.69) is 0 Å². The summed E-state index contributed by atoms with van der Waals surface area (Å²) in [5, 5.41) is 0. The van der Waals surface area contributed by atoms with Crippen LogP contribution >= 0.6 is 0 Å². The van der Waals surface area contributed by atoms with Gasteiger partial charge in [-0.1, -0.05) is 29.3 Å². The van der Waals surface area contributed by atoms with Crippen LogP contribution in [0.2, 0.25) is 0 Å². The molecule has 0 heterocycles. The van der Waals surface area contributed by atoms with Gasteiger partial charge in [-0.3, -0.25) is 4.21 Å². The molecule has 0 aliphatic heterocycles. The first kappa shape index (κ1) is 12.3. The summed E-state index contributed by atoms with van der Waals surface area (Å²) in [5.41, 5.74) is 0.209. The molecule has 0 aliphatic carbocycles. The zero-order valence-electron chi connectivity index (χ0n) is 6.62. The summed E-state index contributed by atoms with van der Waals surface area (Å²) in [6, 6.07) is 5.81. The van der Waals surface area contributed by atoms with Crippen LogP contribution in [0.3, 0.4) is 0 Å². The van der Waals surface area contributed by atoms with Gasteiger partial charge >= 0.3 is 29.6 Å². The van der Waals surface area contributed by atoms with Crippen LogP contribution in [-0.4, -0.2) is 8.76 Å². The molecule has 0 amide bonds. The maximum absolute atomic E-state index is 12.7. The van der Waals surface area contributed by atoms with Crippen LogP contribution in [0.15, 0.2) is 24.3 Å². The Morgan fingerprint density at radius 2 is 2.00 bits per heavy atom. The van der Waals surface area contributed by atoms with Gasteiger partial charge in [0.2, 0.25) is 0 Å². The van der Waals surface area contributed by atoms with Crippen molar-refractivity contribution < 1.29 is 42.7 Å². The van der Waals surface area contributed by atoms with E-state index in [0.717, 1.165) is 0 Å². The van der Waals surface area contributed by atoms with E-state index in [0.29, 0.717) is 0 Å². The molecule has 0 fully saturated rings. The van der Waals surface area contributed by atoms with E-state index >= 15 is 0 Å². The molecule has 0 radical (unpaired) electrons. The fourth-order valence-corrected chi connectivity index (χ4v) is 1.23. The largest absolute Gasteiger partial charge is 1.00 e. The second kappa shape index (κ2) is 5.83. The maximum atomic E-state index is 12.7. The van der Waals surface area contributed by atoms with Gasteiger partial charge in [-0.05, 0) is 11.6 Å². The van der Waals surface area contributed by atoms with Gasteiger partial charge < -0.3 is 4.55 Å². The van der Waals surface area contributed by atoms with Crippen molar-refractivity contribution in [1.29, 1.82) is 0 Å². The van der Waals surface area contributed by atoms with Crippen LogP contribution in [0.4, 0.5) is 4.39 Å². The van der Waals surface area contributed by atoms with E-state index in [-0.39, 0.29) is 40.9 Å². The fourth-order valence-electron chi connectivity index (χ4n) is 0.742. The molecular formula is C7H6FNaO2S. The number of halogens is 1. The predicted octanol–water partition coefficient (Wildman–Crippen LogP) is -1.79. The van der Waals surface area contributed by atoms with Crippen molar-refractivity contribution in [3.05, 3.63) is 35.6 Å². The van der Waals surface area contributed by atoms with E-state index in [1.54, 1.807) is 6.07 Å². The summed E-state index contributed by atoms with van der Waals surface area (Å²) in [7, 11) is 0. The summed E-state index contributed by atoms with van der Waals surface area (Å²) < 4.78 is 33.0. The summed E-state index contributed by atoms with van der Waals surface area (Å²) in [6.45, 7) is 0. The van der Waals surface area contributed by atoms with Crippen molar-refractivity contribution >= 4 is 11.1 Å². The number of benzene rings is 1. The summed E-state index contributed by atoms with van der Waals surface area (Å²) in [6.07, 6.45) is 0. The summed E-state index contributed by atoms with van der Waals surface area (Å²) in [4.78, 5) is 0. The number of hydrogen-bond donors (Lipinski definition) is 0. The SMILES string of the molecule is O=S([O-])Cc1ccccc1F.[Na+]. The van der Waals surface area contributed by atoms with Gasteiger partial charge in [-0.2, -0.15) is 0 Å². The fraction of sp³-hybridized carbons (Fsp3) is 0.143. The standard InChI is InChI=1S/C7H7FO2S.Na/c8-7-4-2-1-3-6(7)5-11(9)10;/h1-4H,5H2,(H,9,10);/q;+1/p-1. The minimum atomic E-state index is -2.22. The quantitative estimate of drug-likeness (QED) is 0.414. The van der Waals surface area contributed by atoms with Gasteiger partial charge in [0.05, 0.1) is 0 Å². The minimum Gasteiger partial charge on any atom is -0.772 e. The van der Waals surface area contributed by atoms with Crippen molar-refractivity contribution in [2.24, 2.45) is 0 Å². The molecule has 1 atom stereocenters. The van der Waals surface area contributed by atoms with Crippen molar-refractivity contribution in [3.63, 3.8) is 0 Å². The minimum absolute atomic E-state index is 0. The molecule has 0 bridgehead atoms. The molecular weight excluding hydrogens is 190 g/mol. The van der Waals surface area contributed by atoms with Gasteiger partial charge in [-0.25, -0.2) is 4.39 Å². The van der Waals surface area contributed by atoms with Crippen LogP contribution in [0.5, 0.6) is 0 Å². The van der Waals surface area contributed by atoms with Gasteiger partial charge in [0.1, 0.15) is 5.82 Å². The average Bonchev–Trinajstić information content (AvgIpc) is 1.93. The van der Waals surface area contributed by atoms with E-state index in [4.69, 9.17) is 0 Å². The summed E-state index contributed by atoms with van der Waals surface area (Å²) >= 11 is -2.22. The molecule has 1 aromatic rings. The van der Waals surface area contributed by atoms with Crippen LogP contribution in [0, 0.1) is 5.82 Å². The molecule has 2 nitrogen and oxygen atoms in total. The Morgan fingerprint density at radius 3 is 2.50 bits per heavy atom. The summed E-state index contributed by atoms with van der Waals surface area (Å²) in [5.74, 6) is -0.733. The molecule has 1 rings (SSSR count). The Balaban J connectivity index is 0.00000121. The van der Waals surface area contributed by atoms with Crippen molar-refractivity contribution in [2.45, 2.75) is 5.75 Å². The second-order valence-corrected chi connectivity index (χ2v) is 2.94. The molecule has 0 saturated heterocycles. The maximum Gasteiger partial charge on any atom is 1.00 e. The zero-order chi connectivity index (χ0) is 8.27. The van der Waals surface area contributed by atoms with Gasteiger partial charge in [-0.15, -0.1) is 0 Å². The third-order valence-electron chi connectivity index (χ3n) is 1.23. The van der Waals surface area contributed by atoms with Crippen LogP contribution in [0.1, 0.15) is 5.56 Å². The number of hydrogen-bond acceptors (Lipinski definition) is 2. The first-order chi connectivity index (χ1) is 5.20. The van der Waals surface area contributed by atoms with E-state index in [9.17, 15) is 13.2 Å². The molecule has 0 aromatic heterocycles. The second-order valence-electron chi connectivity index (χ2n) is 2.04. The Hall–Kier alpha value is 0.260. The molecule has 12 heavy (non-hydrogen) atoms. The Morgan fingerprint density at radius 1 is 1.42 bits per heavy atom. The monoisotopic (exact) mass is 196 g/mol. The van der Waals surface area contributed by atoms with Crippen molar-refractivity contribution in [2.75, 3.05) is 0 Å². The molecule has 5 heteroatoms. The van der Waals surface area contributed by atoms with Gasteiger partial charge in [0, 0.05) is 5.75 Å². The first-order valence-electron chi connectivity index (χ1n) is 2.99. The van der Waals surface area contributed by atoms with Crippen molar-refractivity contribution in [3.8, 4) is 0 Å². The molecule has 60 valence electrons.